The van der Waals surface area contributed by atoms with Crippen molar-refractivity contribution in [1.29, 1.82) is 0 Å². The average molecular weight is 495 g/mol. The monoisotopic (exact) mass is 494 g/mol. The summed E-state index contributed by atoms with van der Waals surface area (Å²) in [6.45, 7) is 2.19. The minimum absolute atomic E-state index is 0.192. The van der Waals surface area contributed by atoms with Crippen molar-refractivity contribution in [3.8, 4) is 11.8 Å². The van der Waals surface area contributed by atoms with Crippen molar-refractivity contribution in [3.63, 3.8) is 0 Å². The summed E-state index contributed by atoms with van der Waals surface area (Å²) >= 11 is 0. The standard InChI is InChI=1S/C25H30N6O5/c1-3-4-5-6-15-7-9-16(10-8-15)11-12-19-28-23(30-35-2)20-24(29-19)31(14-27-20)25-22(34)21(33)17(36-25)13-18(26)32/h7-10,14,17,21-22,25,33-34H,3-6,13H2,1-2H3,(H2,26,32)(H,28,29,30)/t17-,21-,22+,25+/m0/s1. The zero-order valence-electron chi connectivity index (χ0n) is 20.2. The highest BCUT2D eigenvalue weighted by Gasteiger charge is 2.44. The van der Waals surface area contributed by atoms with Gasteiger partial charge in [0.2, 0.25) is 11.7 Å². The van der Waals surface area contributed by atoms with E-state index in [2.05, 4.69) is 51.3 Å². The Labute approximate surface area is 208 Å². The number of unbranched alkanes of at least 4 members (excludes halogenated alkanes) is 2. The number of rotatable bonds is 9. The van der Waals surface area contributed by atoms with Crippen molar-refractivity contribution in [2.75, 3.05) is 12.6 Å². The molecule has 0 spiro atoms. The van der Waals surface area contributed by atoms with Gasteiger partial charge in [0.1, 0.15) is 12.2 Å². The number of nitrogens with two attached hydrogens (primary N) is 1. The maximum Gasteiger partial charge on any atom is 0.220 e. The van der Waals surface area contributed by atoms with Gasteiger partial charge < -0.3 is 20.7 Å². The number of aliphatic hydroxyl groups is 2. The molecular weight excluding hydrogens is 464 g/mol. The number of imidazole rings is 1. The van der Waals surface area contributed by atoms with Crippen molar-refractivity contribution < 1.29 is 24.6 Å². The number of aromatic nitrogens is 4. The fourth-order valence-corrected chi connectivity index (χ4v) is 4.11. The number of aliphatic hydroxyl groups excluding tert-OH is 2. The van der Waals surface area contributed by atoms with E-state index < -0.39 is 30.4 Å². The number of fused-ring (bicyclic) bond motifs is 1. The molecule has 11 heteroatoms. The Morgan fingerprint density at radius 1 is 1.19 bits per heavy atom. The van der Waals surface area contributed by atoms with Crippen LogP contribution in [0.25, 0.3) is 11.2 Å². The first kappa shape index (κ1) is 25.5. The van der Waals surface area contributed by atoms with Crippen LogP contribution in [-0.4, -0.2) is 61.1 Å². The van der Waals surface area contributed by atoms with E-state index in [0.717, 1.165) is 18.4 Å². The third-order valence-corrected chi connectivity index (χ3v) is 5.98. The lowest BCUT2D eigenvalue weighted by molar-refractivity contribution is -0.122. The highest BCUT2D eigenvalue weighted by atomic mass is 16.6. The van der Waals surface area contributed by atoms with Gasteiger partial charge in [0, 0.05) is 5.56 Å². The van der Waals surface area contributed by atoms with Crippen molar-refractivity contribution in [2.24, 2.45) is 5.73 Å². The van der Waals surface area contributed by atoms with Gasteiger partial charge in [-0.3, -0.25) is 14.2 Å². The second kappa shape index (κ2) is 11.5. The number of anilines is 1. The molecule has 0 saturated carbocycles. The van der Waals surface area contributed by atoms with Crippen LogP contribution in [0.2, 0.25) is 0 Å². The number of carbonyl (C=O) groups excluding carboxylic acids is 1. The number of aryl methyl sites for hydroxylation is 1. The van der Waals surface area contributed by atoms with Crippen LogP contribution in [0.15, 0.2) is 30.6 Å². The number of hydrogen-bond donors (Lipinski definition) is 4. The Hall–Kier alpha value is -3.56. The predicted octanol–water partition coefficient (Wildman–Crippen LogP) is 1.43. The molecule has 1 aliphatic heterocycles. The fraction of sp³-hybridized carbons (Fsp3) is 0.440. The Bertz CT molecular complexity index is 1270. The summed E-state index contributed by atoms with van der Waals surface area (Å²) in [4.78, 5) is 29.6. The number of primary amides is 1. The SMILES string of the molecule is CCCCCc1ccc(C#Cc2nc(NOC)c3ncn([C@@H]4O[C@@H](CC(N)=O)[C@H](O)[C@H]4O)c3n2)cc1. The highest BCUT2D eigenvalue weighted by molar-refractivity contribution is 5.83. The number of benzene rings is 1. The topological polar surface area (TPSA) is 158 Å². The molecule has 0 unspecified atom stereocenters. The van der Waals surface area contributed by atoms with E-state index in [-0.39, 0.29) is 18.1 Å². The Morgan fingerprint density at radius 2 is 1.97 bits per heavy atom. The molecule has 1 fully saturated rings. The van der Waals surface area contributed by atoms with Crippen LogP contribution >= 0.6 is 0 Å². The van der Waals surface area contributed by atoms with Crippen LogP contribution in [0.4, 0.5) is 5.82 Å². The number of ether oxygens (including phenoxy) is 1. The molecule has 11 nitrogen and oxygen atoms in total. The molecule has 3 heterocycles. The third kappa shape index (κ3) is 5.63. The zero-order chi connectivity index (χ0) is 25.7. The molecule has 36 heavy (non-hydrogen) atoms. The molecule has 1 aliphatic rings. The van der Waals surface area contributed by atoms with Crippen LogP contribution in [0, 0.1) is 11.8 Å². The van der Waals surface area contributed by atoms with E-state index >= 15 is 0 Å². The van der Waals surface area contributed by atoms with Crippen molar-refractivity contribution in [2.45, 2.75) is 63.6 Å². The molecule has 0 bridgehead atoms. The van der Waals surface area contributed by atoms with Gasteiger partial charge in [-0.05, 0) is 36.5 Å². The van der Waals surface area contributed by atoms with Gasteiger partial charge in [-0.2, -0.15) is 4.98 Å². The number of amides is 1. The molecule has 4 atom stereocenters. The largest absolute Gasteiger partial charge is 0.388 e. The first-order valence-electron chi connectivity index (χ1n) is 11.9. The summed E-state index contributed by atoms with van der Waals surface area (Å²) in [5.41, 5.74) is 10.6. The van der Waals surface area contributed by atoms with Crippen LogP contribution < -0.4 is 11.2 Å². The number of nitrogens with zero attached hydrogens (tertiary/aromatic N) is 4. The average Bonchev–Trinajstić information content (AvgIpc) is 3.40. The van der Waals surface area contributed by atoms with E-state index in [1.54, 1.807) is 0 Å². The molecule has 5 N–H and O–H groups in total. The summed E-state index contributed by atoms with van der Waals surface area (Å²) in [5.74, 6) is 5.85. The minimum atomic E-state index is -1.33. The molecule has 190 valence electrons. The van der Waals surface area contributed by atoms with Crippen LogP contribution in [0.1, 0.15) is 55.8 Å². The predicted molar refractivity (Wildman–Crippen MR) is 131 cm³/mol. The number of hydrogen-bond acceptors (Lipinski definition) is 9. The van der Waals surface area contributed by atoms with Crippen molar-refractivity contribution in [1.82, 2.24) is 19.5 Å². The first-order valence-corrected chi connectivity index (χ1v) is 11.9. The maximum atomic E-state index is 11.3. The van der Waals surface area contributed by atoms with E-state index in [4.69, 9.17) is 15.3 Å². The smallest absolute Gasteiger partial charge is 0.220 e. The normalized spacial score (nSPS) is 21.3. The Balaban J connectivity index is 1.63. The first-order chi connectivity index (χ1) is 17.4. The van der Waals surface area contributed by atoms with Gasteiger partial charge in [0.15, 0.2) is 23.2 Å². The number of carbonyl (C=O) groups is 1. The van der Waals surface area contributed by atoms with E-state index in [1.807, 2.05) is 12.1 Å². The lowest BCUT2D eigenvalue weighted by Crippen LogP contribution is -2.33. The van der Waals surface area contributed by atoms with Gasteiger partial charge in [0.25, 0.3) is 0 Å². The van der Waals surface area contributed by atoms with E-state index in [0.29, 0.717) is 11.2 Å². The van der Waals surface area contributed by atoms with E-state index in [1.165, 1.54) is 36.4 Å². The second-order valence-electron chi connectivity index (χ2n) is 8.65. The molecule has 0 radical (unpaired) electrons. The van der Waals surface area contributed by atoms with Gasteiger partial charge in [-0.15, -0.1) is 0 Å². The molecule has 1 amide bonds. The fourth-order valence-electron chi connectivity index (χ4n) is 4.11. The van der Waals surface area contributed by atoms with Gasteiger partial charge in [-0.25, -0.2) is 15.4 Å². The molecule has 4 rings (SSSR count). The quantitative estimate of drug-likeness (QED) is 0.196. The third-order valence-electron chi connectivity index (χ3n) is 5.98. The Kier molecular flexibility index (Phi) is 8.12. The lowest BCUT2D eigenvalue weighted by Gasteiger charge is -2.16. The molecular formula is C25H30N6O5. The number of nitrogens with one attached hydrogen (secondary N) is 1. The van der Waals surface area contributed by atoms with Crippen molar-refractivity contribution in [3.05, 3.63) is 47.5 Å². The Morgan fingerprint density at radius 3 is 2.67 bits per heavy atom. The van der Waals surface area contributed by atoms with Gasteiger partial charge in [0.05, 0.1) is 26.0 Å². The van der Waals surface area contributed by atoms with Crippen LogP contribution in [-0.2, 0) is 20.8 Å². The molecule has 1 aromatic carbocycles. The minimum Gasteiger partial charge on any atom is -0.388 e. The zero-order valence-corrected chi connectivity index (χ0v) is 20.2. The van der Waals surface area contributed by atoms with Crippen molar-refractivity contribution >= 4 is 22.9 Å². The summed E-state index contributed by atoms with van der Waals surface area (Å²) in [5, 5.41) is 20.9. The van der Waals surface area contributed by atoms with E-state index in [9.17, 15) is 15.0 Å². The lowest BCUT2D eigenvalue weighted by atomic mass is 10.1. The summed E-state index contributed by atoms with van der Waals surface area (Å²) in [7, 11) is 1.44. The van der Waals surface area contributed by atoms with Gasteiger partial charge >= 0.3 is 0 Å². The maximum absolute atomic E-state index is 11.3. The second-order valence-corrected chi connectivity index (χ2v) is 8.65. The van der Waals surface area contributed by atoms with Crippen LogP contribution in [0.5, 0.6) is 0 Å². The van der Waals surface area contributed by atoms with Crippen LogP contribution in [0.3, 0.4) is 0 Å². The highest BCUT2D eigenvalue weighted by Crippen LogP contribution is 2.33. The summed E-state index contributed by atoms with van der Waals surface area (Å²) in [6, 6.07) is 8.08. The summed E-state index contributed by atoms with van der Waals surface area (Å²) in [6.07, 6.45) is 1.15. The molecule has 0 aliphatic carbocycles. The molecule has 2 aromatic heterocycles. The van der Waals surface area contributed by atoms with Gasteiger partial charge in [-0.1, -0.05) is 37.8 Å². The molecule has 3 aromatic rings. The molecule has 1 saturated heterocycles. The summed E-state index contributed by atoms with van der Waals surface area (Å²) < 4.78 is 7.20.